The lowest BCUT2D eigenvalue weighted by Crippen LogP contribution is -2.37. The highest BCUT2D eigenvalue weighted by atomic mass is 35.5. The third-order valence-electron chi connectivity index (χ3n) is 4.22. The minimum absolute atomic E-state index is 0.0952. The zero-order valence-electron chi connectivity index (χ0n) is 12.6. The van der Waals surface area contributed by atoms with E-state index in [0.29, 0.717) is 28.8 Å². The fourth-order valence-corrected chi connectivity index (χ4v) is 3.49. The van der Waals surface area contributed by atoms with Crippen LogP contribution in [-0.4, -0.2) is 37.6 Å². The maximum atomic E-state index is 12.3. The van der Waals surface area contributed by atoms with E-state index in [1.54, 1.807) is 23.1 Å². The minimum atomic E-state index is -0.365. The van der Waals surface area contributed by atoms with Crippen LogP contribution >= 0.6 is 23.2 Å². The molecule has 1 aromatic rings. The molecule has 2 saturated heterocycles. The Morgan fingerprint density at radius 3 is 2.91 bits per heavy atom. The fourth-order valence-electron chi connectivity index (χ4n) is 2.98. The third-order valence-corrected chi connectivity index (χ3v) is 4.76. The number of nitrogens with zero attached hydrogens (tertiary/aromatic N) is 1. The number of carbonyl (C=O) groups is 2. The zero-order valence-corrected chi connectivity index (χ0v) is 14.1. The number of hydrogen-bond donors (Lipinski definition) is 1. The average Bonchev–Trinajstić information content (AvgIpc) is 3.15. The van der Waals surface area contributed by atoms with Gasteiger partial charge < -0.3 is 15.0 Å². The summed E-state index contributed by atoms with van der Waals surface area (Å²) in [5.74, 6) is -0.580. The summed E-state index contributed by atoms with van der Waals surface area (Å²) in [7, 11) is 0. The number of carbonyl (C=O) groups excluding carboxylic acids is 2. The lowest BCUT2D eigenvalue weighted by atomic mass is 10.1. The van der Waals surface area contributed by atoms with E-state index in [4.69, 9.17) is 27.9 Å². The van der Waals surface area contributed by atoms with Crippen LogP contribution in [0.2, 0.25) is 10.0 Å². The van der Waals surface area contributed by atoms with Gasteiger partial charge in [-0.1, -0.05) is 23.2 Å². The molecule has 2 atom stereocenters. The van der Waals surface area contributed by atoms with Crippen LogP contribution in [0.25, 0.3) is 0 Å². The van der Waals surface area contributed by atoms with E-state index < -0.39 is 0 Å². The van der Waals surface area contributed by atoms with Gasteiger partial charge in [-0.05, 0) is 31.0 Å². The Bertz CT molecular complexity index is 617. The third kappa shape index (κ3) is 3.79. The monoisotopic (exact) mass is 356 g/mol. The summed E-state index contributed by atoms with van der Waals surface area (Å²) in [6.07, 6.45) is 2.29. The molecule has 0 saturated carbocycles. The van der Waals surface area contributed by atoms with E-state index in [1.807, 2.05) is 0 Å². The Balaban J connectivity index is 1.61. The Morgan fingerprint density at radius 2 is 2.22 bits per heavy atom. The predicted molar refractivity (Wildman–Crippen MR) is 88.9 cm³/mol. The molecule has 3 rings (SSSR count). The van der Waals surface area contributed by atoms with Gasteiger partial charge in [0, 0.05) is 31.1 Å². The van der Waals surface area contributed by atoms with Crippen molar-refractivity contribution in [3.8, 4) is 0 Å². The van der Waals surface area contributed by atoms with E-state index >= 15 is 0 Å². The Morgan fingerprint density at radius 1 is 1.39 bits per heavy atom. The molecule has 23 heavy (non-hydrogen) atoms. The van der Waals surface area contributed by atoms with Crippen molar-refractivity contribution in [2.45, 2.75) is 25.4 Å². The molecule has 2 unspecified atom stereocenters. The number of halogens is 2. The van der Waals surface area contributed by atoms with Crippen LogP contribution in [0.4, 0.5) is 5.69 Å². The molecule has 2 heterocycles. The van der Waals surface area contributed by atoms with Gasteiger partial charge in [0.1, 0.15) is 0 Å². The lowest BCUT2D eigenvalue weighted by Gasteiger charge is -2.18. The van der Waals surface area contributed by atoms with E-state index in [0.717, 1.165) is 19.4 Å². The number of ether oxygens (including phenoxy) is 1. The Kier molecular flexibility index (Phi) is 5.09. The summed E-state index contributed by atoms with van der Waals surface area (Å²) in [5.41, 5.74) is 0.593. The largest absolute Gasteiger partial charge is 0.376 e. The first-order valence-corrected chi connectivity index (χ1v) is 8.45. The van der Waals surface area contributed by atoms with Crippen molar-refractivity contribution < 1.29 is 14.3 Å². The molecule has 0 spiro atoms. The molecule has 0 bridgehead atoms. The van der Waals surface area contributed by atoms with Crippen molar-refractivity contribution in [1.82, 2.24) is 5.32 Å². The molecule has 0 aliphatic carbocycles. The standard InChI is InChI=1S/C16H18Cl2N2O3/c17-11-3-4-14(13(18)7-11)20-9-10(6-15(20)21)16(22)19-8-12-2-1-5-23-12/h3-4,7,10,12H,1-2,5-6,8-9H2,(H,19,22). The van der Waals surface area contributed by atoms with Crippen molar-refractivity contribution in [3.05, 3.63) is 28.2 Å². The SMILES string of the molecule is O=C(NCC1CCCO1)C1CC(=O)N(c2ccc(Cl)cc2Cl)C1. The van der Waals surface area contributed by atoms with Gasteiger partial charge in [-0.3, -0.25) is 9.59 Å². The molecule has 0 aromatic heterocycles. The highest BCUT2D eigenvalue weighted by Crippen LogP contribution is 2.33. The van der Waals surface area contributed by atoms with E-state index in [-0.39, 0.29) is 30.3 Å². The van der Waals surface area contributed by atoms with Gasteiger partial charge in [-0.25, -0.2) is 0 Å². The summed E-state index contributed by atoms with van der Waals surface area (Å²) >= 11 is 12.0. The molecule has 2 aliphatic heterocycles. The van der Waals surface area contributed by atoms with Crippen LogP contribution < -0.4 is 10.2 Å². The van der Waals surface area contributed by atoms with Gasteiger partial charge in [0.15, 0.2) is 0 Å². The van der Waals surface area contributed by atoms with Gasteiger partial charge in [0.05, 0.1) is 22.7 Å². The number of hydrogen-bond acceptors (Lipinski definition) is 3. The second-order valence-corrected chi connectivity index (χ2v) is 6.72. The molecular weight excluding hydrogens is 339 g/mol. The van der Waals surface area contributed by atoms with E-state index in [9.17, 15) is 9.59 Å². The summed E-state index contributed by atoms with van der Waals surface area (Å²) < 4.78 is 5.48. The molecule has 0 radical (unpaired) electrons. The molecule has 2 amide bonds. The topological polar surface area (TPSA) is 58.6 Å². The number of anilines is 1. The van der Waals surface area contributed by atoms with Crippen LogP contribution in [0.15, 0.2) is 18.2 Å². The molecule has 5 nitrogen and oxygen atoms in total. The molecular formula is C16H18Cl2N2O3. The summed E-state index contributed by atoms with van der Waals surface area (Å²) in [5, 5.41) is 3.80. The summed E-state index contributed by atoms with van der Waals surface area (Å²) in [4.78, 5) is 26.0. The van der Waals surface area contributed by atoms with Crippen molar-refractivity contribution >= 4 is 40.7 Å². The normalized spacial score (nSPS) is 24.3. The predicted octanol–water partition coefficient (Wildman–Crippen LogP) is 2.64. The molecule has 1 aromatic carbocycles. The zero-order chi connectivity index (χ0) is 16.4. The first kappa shape index (κ1) is 16.6. The summed E-state index contributed by atoms with van der Waals surface area (Å²) in [6.45, 7) is 1.59. The minimum Gasteiger partial charge on any atom is -0.376 e. The first-order chi connectivity index (χ1) is 11.0. The first-order valence-electron chi connectivity index (χ1n) is 7.69. The van der Waals surface area contributed by atoms with Crippen LogP contribution in [-0.2, 0) is 14.3 Å². The number of benzene rings is 1. The number of amides is 2. The number of nitrogens with one attached hydrogen (secondary N) is 1. The number of rotatable bonds is 4. The van der Waals surface area contributed by atoms with Crippen molar-refractivity contribution in [2.24, 2.45) is 5.92 Å². The van der Waals surface area contributed by atoms with Gasteiger partial charge in [-0.15, -0.1) is 0 Å². The van der Waals surface area contributed by atoms with Crippen molar-refractivity contribution in [3.63, 3.8) is 0 Å². The van der Waals surface area contributed by atoms with E-state index in [1.165, 1.54) is 0 Å². The Labute approximate surface area is 144 Å². The molecule has 2 fully saturated rings. The highest BCUT2D eigenvalue weighted by molar-refractivity contribution is 6.36. The van der Waals surface area contributed by atoms with Crippen LogP contribution in [0.3, 0.4) is 0 Å². The fraction of sp³-hybridized carbons (Fsp3) is 0.500. The van der Waals surface area contributed by atoms with Crippen molar-refractivity contribution in [1.29, 1.82) is 0 Å². The maximum absolute atomic E-state index is 12.3. The van der Waals surface area contributed by atoms with Crippen molar-refractivity contribution in [2.75, 3.05) is 24.6 Å². The molecule has 124 valence electrons. The second-order valence-electron chi connectivity index (χ2n) is 5.88. The smallest absolute Gasteiger partial charge is 0.227 e. The quantitative estimate of drug-likeness (QED) is 0.901. The molecule has 2 aliphatic rings. The second kappa shape index (κ2) is 7.07. The maximum Gasteiger partial charge on any atom is 0.227 e. The molecule has 1 N–H and O–H groups in total. The van der Waals surface area contributed by atoms with Crippen LogP contribution in [0.1, 0.15) is 19.3 Å². The Hall–Kier alpha value is -1.30. The van der Waals surface area contributed by atoms with Crippen LogP contribution in [0.5, 0.6) is 0 Å². The van der Waals surface area contributed by atoms with Gasteiger partial charge in [0.2, 0.25) is 11.8 Å². The molecule has 7 heteroatoms. The lowest BCUT2D eigenvalue weighted by molar-refractivity contribution is -0.126. The van der Waals surface area contributed by atoms with Crippen LogP contribution in [0, 0.1) is 5.92 Å². The van der Waals surface area contributed by atoms with Gasteiger partial charge in [-0.2, -0.15) is 0 Å². The van der Waals surface area contributed by atoms with Gasteiger partial charge in [0.25, 0.3) is 0 Å². The van der Waals surface area contributed by atoms with Gasteiger partial charge >= 0.3 is 0 Å². The average molecular weight is 357 g/mol. The summed E-state index contributed by atoms with van der Waals surface area (Å²) in [6, 6.07) is 4.98. The highest BCUT2D eigenvalue weighted by Gasteiger charge is 2.36. The van der Waals surface area contributed by atoms with E-state index in [2.05, 4.69) is 5.32 Å².